The highest BCUT2D eigenvalue weighted by atomic mass is 16.1. The van der Waals surface area contributed by atoms with Gasteiger partial charge in [-0.05, 0) is 94.4 Å². The number of aromatic nitrogens is 3. The molecule has 0 aromatic carbocycles. The zero-order valence-corrected chi connectivity index (χ0v) is 17.9. The molecule has 4 bridgehead atoms. The standard InChI is InChI=1S/C24H32N4O/c1-13-21-19(9-20(18-4-5-18)26-22(21)28(3)27-13)23(29)25-14(2)24-10-15-6-16(11-24)8-17(7-15)12-24/h9,14-18H,4-8,10-12H2,1-3H3,(H,25,29). The number of aryl methyl sites for hydroxylation is 2. The van der Waals surface area contributed by atoms with Gasteiger partial charge in [0, 0.05) is 24.7 Å². The smallest absolute Gasteiger partial charge is 0.252 e. The number of fused-ring (bicyclic) bond motifs is 1. The van der Waals surface area contributed by atoms with E-state index in [0.717, 1.165) is 45.7 Å². The van der Waals surface area contributed by atoms with Gasteiger partial charge >= 0.3 is 0 Å². The Bertz CT molecular complexity index is 967. The molecular weight excluding hydrogens is 360 g/mol. The minimum Gasteiger partial charge on any atom is -0.349 e. The normalized spacial score (nSPS) is 34.0. The fourth-order valence-corrected chi connectivity index (χ4v) is 7.37. The van der Waals surface area contributed by atoms with E-state index in [9.17, 15) is 4.79 Å². The van der Waals surface area contributed by atoms with Crippen molar-refractivity contribution in [3.63, 3.8) is 0 Å². The van der Waals surface area contributed by atoms with Gasteiger partial charge in [-0.1, -0.05) is 0 Å². The predicted octanol–water partition coefficient (Wildman–Crippen LogP) is 4.49. The zero-order chi connectivity index (χ0) is 19.9. The molecule has 2 aromatic rings. The molecular formula is C24H32N4O. The van der Waals surface area contributed by atoms with Gasteiger partial charge in [-0.3, -0.25) is 9.48 Å². The quantitative estimate of drug-likeness (QED) is 0.834. The Morgan fingerprint density at radius 3 is 2.38 bits per heavy atom. The maximum Gasteiger partial charge on any atom is 0.252 e. The Morgan fingerprint density at radius 1 is 1.17 bits per heavy atom. The highest BCUT2D eigenvalue weighted by molar-refractivity contribution is 6.06. The molecule has 154 valence electrons. The molecule has 1 amide bonds. The monoisotopic (exact) mass is 392 g/mol. The molecule has 2 heterocycles. The van der Waals surface area contributed by atoms with Crippen LogP contribution in [0.3, 0.4) is 0 Å². The van der Waals surface area contributed by atoms with Crippen LogP contribution < -0.4 is 5.32 Å². The molecule has 5 fully saturated rings. The van der Waals surface area contributed by atoms with E-state index in [0.29, 0.717) is 11.3 Å². The second kappa shape index (κ2) is 6.05. The lowest BCUT2D eigenvalue weighted by Gasteiger charge is -2.59. The minimum atomic E-state index is 0.0682. The van der Waals surface area contributed by atoms with E-state index < -0.39 is 0 Å². The van der Waals surface area contributed by atoms with Gasteiger partial charge in [0.15, 0.2) is 5.65 Å². The highest BCUT2D eigenvalue weighted by Crippen LogP contribution is 2.61. The number of amides is 1. The van der Waals surface area contributed by atoms with E-state index in [-0.39, 0.29) is 11.9 Å². The van der Waals surface area contributed by atoms with Gasteiger partial charge in [0.1, 0.15) is 0 Å². The molecule has 29 heavy (non-hydrogen) atoms. The summed E-state index contributed by atoms with van der Waals surface area (Å²) in [4.78, 5) is 18.4. The van der Waals surface area contributed by atoms with E-state index in [1.54, 1.807) is 0 Å². The van der Waals surface area contributed by atoms with Gasteiger partial charge in [-0.25, -0.2) is 4.98 Å². The summed E-state index contributed by atoms with van der Waals surface area (Å²) in [5.41, 5.74) is 3.90. The second-order valence-electron chi connectivity index (χ2n) is 10.8. The van der Waals surface area contributed by atoms with Crippen molar-refractivity contribution in [3.05, 3.63) is 23.0 Å². The largest absolute Gasteiger partial charge is 0.349 e. The lowest BCUT2D eigenvalue weighted by atomic mass is 9.48. The van der Waals surface area contributed by atoms with Gasteiger partial charge in [-0.2, -0.15) is 5.10 Å². The number of rotatable bonds is 4. The van der Waals surface area contributed by atoms with Crippen LogP contribution in [0.1, 0.15) is 86.0 Å². The van der Waals surface area contributed by atoms with Crippen molar-refractivity contribution < 1.29 is 4.79 Å². The Labute approximate surface area is 172 Å². The Kier molecular flexibility index (Phi) is 3.74. The third-order valence-electron chi connectivity index (χ3n) is 8.58. The lowest BCUT2D eigenvalue weighted by Crippen LogP contribution is -2.55. The van der Waals surface area contributed by atoms with Crippen LogP contribution in [0.15, 0.2) is 6.07 Å². The van der Waals surface area contributed by atoms with Crippen LogP contribution in [0, 0.1) is 30.1 Å². The van der Waals surface area contributed by atoms with Gasteiger partial charge in [0.25, 0.3) is 5.91 Å². The first-order valence-corrected chi connectivity index (χ1v) is 11.6. The molecule has 7 rings (SSSR count). The average Bonchev–Trinajstić information content (AvgIpc) is 3.47. The van der Waals surface area contributed by atoms with Crippen molar-refractivity contribution >= 4 is 16.9 Å². The van der Waals surface area contributed by atoms with Gasteiger partial charge in [0.2, 0.25) is 0 Å². The summed E-state index contributed by atoms with van der Waals surface area (Å²) in [6.45, 7) is 4.25. The topological polar surface area (TPSA) is 59.8 Å². The molecule has 1 atom stereocenters. The van der Waals surface area contributed by atoms with Crippen LogP contribution in [0.4, 0.5) is 0 Å². The minimum absolute atomic E-state index is 0.0682. The summed E-state index contributed by atoms with van der Waals surface area (Å²) in [7, 11) is 1.93. The third-order valence-corrected chi connectivity index (χ3v) is 8.58. The number of nitrogens with zero attached hydrogens (tertiary/aromatic N) is 3. The molecule has 5 heteroatoms. The first-order valence-electron chi connectivity index (χ1n) is 11.6. The number of pyridine rings is 1. The van der Waals surface area contributed by atoms with Gasteiger partial charge in [0.05, 0.1) is 16.6 Å². The number of hydrogen-bond acceptors (Lipinski definition) is 3. The van der Waals surface area contributed by atoms with Crippen molar-refractivity contribution in [3.8, 4) is 0 Å². The number of nitrogens with one attached hydrogen (secondary N) is 1. The third kappa shape index (κ3) is 2.76. The van der Waals surface area contributed by atoms with E-state index >= 15 is 0 Å². The fourth-order valence-electron chi connectivity index (χ4n) is 7.37. The molecule has 5 nitrogen and oxygen atoms in total. The highest BCUT2D eigenvalue weighted by Gasteiger charge is 2.53. The van der Waals surface area contributed by atoms with Crippen molar-refractivity contribution in [2.24, 2.45) is 30.2 Å². The van der Waals surface area contributed by atoms with Crippen molar-refractivity contribution in [2.75, 3.05) is 0 Å². The Hall–Kier alpha value is -1.91. The van der Waals surface area contributed by atoms with Crippen LogP contribution in [0.2, 0.25) is 0 Å². The molecule has 5 aliphatic carbocycles. The van der Waals surface area contributed by atoms with Gasteiger partial charge < -0.3 is 5.32 Å². The van der Waals surface area contributed by atoms with Crippen LogP contribution in [0.25, 0.3) is 11.0 Å². The second-order valence-corrected chi connectivity index (χ2v) is 10.8. The van der Waals surface area contributed by atoms with E-state index in [2.05, 4.69) is 23.4 Å². The molecule has 0 spiro atoms. The summed E-state index contributed by atoms with van der Waals surface area (Å²) in [5.74, 6) is 3.28. The first-order chi connectivity index (χ1) is 13.9. The van der Waals surface area contributed by atoms with Gasteiger partial charge in [-0.15, -0.1) is 0 Å². The summed E-state index contributed by atoms with van der Waals surface area (Å²) in [6, 6.07) is 2.28. The van der Waals surface area contributed by atoms with Crippen LogP contribution in [-0.4, -0.2) is 26.7 Å². The van der Waals surface area contributed by atoms with Crippen LogP contribution >= 0.6 is 0 Å². The molecule has 5 saturated carbocycles. The molecule has 5 aliphatic rings. The van der Waals surface area contributed by atoms with E-state index in [1.807, 2.05) is 18.7 Å². The number of hydrogen-bond donors (Lipinski definition) is 1. The van der Waals surface area contributed by atoms with Crippen molar-refractivity contribution in [2.45, 2.75) is 77.2 Å². The van der Waals surface area contributed by atoms with Crippen LogP contribution in [-0.2, 0) is 7.05 Å². The number of carbonyl (C=O) groups is 1. The van der Waals surface area contributed by atoms with Crippen molar-refractivity contribution in [1.29, 1.82) is 0 Å². The molecule has 1 N–H and O–H groups in total. The van der Waals surface area contributed by atoms with E-state index in [4.69, 9.17) is 4.98 Å². The zero-order valence-electron chi connectivity index (χ0n) is 17.9. The van der Waals surface area contributed by atoms with Crippen LogP contribution in [0.5, 0.6) is 0 Å². The number of carbonyl (C=O) groups excluding carboxylic acids is 1. The van der Waals surface area contributed by atoms with E-state index in [1.165, 1.54) is 51.4 Å². The Morgan fingerprint density at radius 2 is 1.79 bits per heavy atom. The molecule has 1 unspecified atom stereocenters. The lowest BCUT2D eigenvalue weighted by molar-refractivity contribution is -0.0687. The fraction of sp³-hybridized carbons (Fsp3) is 0.708. The average molecular weight is 393 g/mol. The maximum atomic E-state index is 13.5. The predicted molar refractivity (Wildman–Crippen MR) is 113 cm³/mol. The summed E-state index contributed by atoms with van der Waals surface area (Å²) in [6.07, 6.45) is 10.6. The molecule has 2 aromatic heterocycles. The SMILES string of the molecule is Cc1nn(C)c2nc(C3CC3)cc(C(=O)NC(C)C34CC5CC(CC(C5)C3)C4)c12. The summed E-state index contributed by atoms with van der Waals surface area (Å²) >= 11 is 0. The first kappa shape index (κ1) is 17.9. The Balaban J connectivity index is 1.33. The summed E-state index contributed by atoms with van der Waals surface area (Å²) in [5, 5.41) is 8.95. The summed E-state index contributed by atoms with van der Waals surface area (Å²) < 4.78 is 1.83. The molecule has 0 radical (unpaired) electrons. The maximum absolute atomic E-state index is 13.5. The molecule has 0 saturated heterocycles. The van der Waals surface area contributed by atoms with Crippen molar-refractivity contribution in [1.82, 2.24) is 20.1 Å². The molecule has 0 aliphatic heterocycles.